The fourth-order valence-corrected chi connectivity index (χ4v) is 2.60. The Morgan fingerprint density at radius 2 is 1.69 bits per heavy atom. The zero-order valence-corrected chi connectivity index (χ0v) is 17.8. The Labute approximate surface area is 170 Å². The van der Waals surface area contributed by atoms with E-state index in [1.54, 1.807) is 60.6 Å². The van der Waals surface area contributed by atoms with Crippen molar-refractivity contribution >= 4 is 35.9 Å². The highest BCUT2D eigenvalue weighted by atomic mass is 16.6. The minimum absolute atomic E-state index is 0.0633. The van der Waals surface area contributed by atoms with Crippen LogP contribution >= 0.6 is 0 Å². The fourth-order valence-electron chi connectivity index (χ4n) is 2.60. The number of hydrogen-bond donors (Lipinski definition) is 3. The number of ether oxygens (including phenoxy) is 2. The maximum Gasteiger partial charge on any atom is 0.506 e. The third kappa shape index (κ3) is 5.94. The molecule has 3 N–H and O–H groups in total. The number of carbonyl (C=O) groups excluding carboxylic acids is 2. The highest BCUT2D eigenvalue weighted by Gasteiger charge is 2.28. The summed E-state index contributed by atoms with van der Waals surface area (Å²) in [6.45, 7) is 12.1. The third-order valence-electron chi connectivity index (χ3n) is 3.72. The molecule has 2 rings (SSSR count). The van der Waals surface area contributed by atoms with Gasteiger partial charge in [-0.25, -0.2) is 19.1 Å². The van der Waals surface area contributed by atoms with Gasteiger partial charge in [-0.1, -0.05) is 0 Å². The van der Waals surface area contributed by atoms with Gasteiger partial charge >= 0.3 is 19.3 Å². The number of hydrogen-bond acceptors (Lipinski definition) is 7. The van der Waals surface area contributed by atoms with Crippen LogP contribution in [0.25, 0.3) is 11.0 Å². The maximum absolute atomic E-state index is 12.7. The summed E-state index contributed by atoms with van der Waals surface area (Å²) in [5, 5.41) is 22.6. The van der Waals surface area contributed by atoms with E-state index in [9.17, 15) is 19.6 Å². The number of rotatable bonds is 3. The molecule has 2 aromatic heterocycles. The standard InChI is InChI=1S/C19H28BN3O6/c1-11(21-16(24)28-18(2,3)4)13-9-8-12-10-14(20(26)27)23(15(12)22-13)17(25)29-19(5,6)7/h8-11,26-27H,1-7H3,(H,21,24)/t11-/m1/s1. The van der Waals surface area contributed by atoms with Crippen molar-refractivity contribution in [2.24, 2.45) is 0 Å². The lowest BCUT2D eigenvalue weighted by Crippen LogP contribution is -2.41. The van der Waals surface area contributed by atoms with Crippen LogP contribution in [0.15, 0.2) is 18.2 Å². The van der Waals surface area contributed by atoms with Crippen molar-refractivity contribution in [3.63, 3.8) is 0 Å². The third-order valence-corrected chi connectivity index (χ3v) is 3.72. The summed E-state index contributed by atoms with van der Waals surface area (Å²) in [5.41, 5.74) is -0.831. The second-order valence-corrected chi connectivity index (χ2v) is 8.78. The molecule has 0 unspecified atom stereocenters. The van der Waals surface area contributed by atoms with E-state index >= 15 is 0 Å². The molecule has 10 heteroatoms. The second-order valence-electron chi connectivity index (χ2n) is 8.78. The molecule has 1 atom stereocenters. The molecule has 158 valence electrons. The van der Waals surface area contributed by atoms with Gasteiger partial charge in [-0.15, -0.1) is 0 Å². The van der Waals surface area contributed by atoms with E-state index in [1.165, 1.54) is 6.07 Å². The summed E-state index contributed by atoms with van der Waals surface area (Å²) >= 11 is 0. The van der Waals surface area contributed by atoms with Gasteiger partial charge < -0.3 is 24.8 Å². The van der Waals surface area contributed by atoms with Crippen LogP contribution < -0.4 is 10.9 Å². The Bertz CT molecular complexity index is 911. The maximum atomic E-state index is 12.7. The number of amides is 1. The van der Waals surface area contributed by atoms with Crippen LogP contribution in [0.1, 0.15) is 60.2 Å². The first-order valence-corrected chi connectivity index (χ1v) is 9.29. The quantitative estimate of drug-likeness (QED) is 0.668. The number of pyridine rings is 1. The van der Waals surface area contributed by atoms with Crippen LogP contribution in [0, 0.1) is 0 Å². The molecule has 29 heavy (non-hydrogen) atoms. The Morgan fingerprint density at radius 1 is 1.10 bits per heavy atom. The van der Waals surface area contributed by atoms with Crippen LogP contribution in [0.2, 0.25) is 0 Å². The Balaban J connectivity index is 2.42. The van der Waals surface area contributed by atoms with Gasteiger partial charge in [0, 0.05) is 5.39 Å². The molecule has 2 aromatic rings. The molecule has 0 aliphatic heterocycles. The highest BCUT2D eigenvalue weighted by Crippen LogP contribution is 2.20. The normalized spacial score (nSPS) is 13.1. The summed E-state index contributed by atoms with van der Waals surface area (Å²) in [4.78, 5) is 29.1. The summed E-state index contributed by atoms with van der Waals surface area (Å²) in [7, 11) is -1.89. The zero-order valence-electron chi connectivity index (χ0n) is 17.8. The average molecular weight is 405 g/mol. The minimum atomic E-state index is -1.89. The predicted molar refractivity (Wildman–Crippen MR) is 109 cm³/mol. The molecule has 0 aliphatic carbocycles. The number of carbonyl (C=O) groups is 2. The molecule has 0 saturated carbocycles. The van der Waals surface area contributed by atoms with Crippen molar-refractivity contribution in [2.45, 2.75) is 65.7 Å². The molecule has 0 bridgehead atoms. The summed E-state index contributed by atoms with van der Waals surface area (Å²) in [6, 6.07) is 4.29. The van der Waals surface area contributed by atoms with Gasteiger partial charge in [0.15, 0.2) is 0 Å². The average Bonchev–Trinajstić information content (AvgIpc) is 2.89. The monoisotopic (exact) mass is 405 g/mol. The van der Waals surface area contributed by atoms with E-state index in [2.05, 4.69) is 10.3 Å². The largest absolute Gasteiger partial charge is 0.506 e. The van der Waals surface area contributed by atoms with Gasteiger partial charge in [0.25, 0.3) is 0 Å². The highest BCUT2D eigenvalue weighted by molar-refractivity contribution is 6.58. The lowest BCUT2D eigenvalue weighted by molar-refractivity contribution is 0.0502. The van der Waals surface area contributed by atoms with Crippen LogP contribution in [-0.2, 0) is 9.47 Å². The van der Waals surface area contributed by atoms with Crippen molar-refractivity contribution in [1.29, 1.82) is 0 Å². The molecular weight excluding hydrogens is 377 g/mol. The smallest absolute Gasteiger partial charge is 0.444 e. The van der Waals surface area contributed by atoms with Gasteiger partial charge in [-0.3, -0.25) is 0 Å². The Morgan fingerprint density at radius 3 is 2.21 bits per heavy atom. The van der Waals surface area contributed by atoms with Crippen LogP contribution in [0.5, 0.6) is 0 Å². The van der Waals surface area contributed by atoms with Gasteiger partial charge in [-0.2, -0.15) is 0 Å². The van der Waals surface area contributed by atoms with E-state index < -0.39 is 36.5 Å². The van der Waals surface area contributed by atoms with Gasteiger partial charge in [-0.05, 0) is 66.7 Å². The van der Waals surface area contributed by atoms with Crippen molar-refractivity contribution in [3.05, 3.63) is 23.9 Å². The van der Waals surface area contributed by atoms with E-state index in [1.807, 2.05) is 0 Å². The summed E-state index contributed by atoms with van der Waals surface area (Å²) < 4.78 is 11.6. The molecule has 0 fully saturated rings. The van der Waals surface area contributed by atoms with Crippen molar-refractivity contribution in [2.75, 3.05) is 0 Å². The molecule has 0 spiro atoms. The van der Waals surface area contributed by atoms with E-state index in [4.69, 9.17) is 9.47 Å². The summed E-state index contributed by atoms with van der Waals surface area (Å²) in [5.74, 6) is 0. The van der Waals surface area contributed by atoms with Gasteiger partial charge in [0.1, 0.15) is 16.8 Å². The molecule has 0 radical (unpaired) electrons. The van der Waals surface area contributed by atoms with Crippen molar-refractivity contribution in [1.82, 2.24) is 14.9 Å². The second kappa shape index (κ2) is 8.04. The topological polar surface area (TPSA) is 123 Å². The first kappa shape index (κ1) is 22.7. The molecule has 9 nitrogen and oxygen atoms in total. The molecule has 0 aliphatic rings. The molecule has 0 saturated heterocycles. The van der Waals surface area contributed by atoms with Crippen molar-refractivity contribution in [3.8, 4) is 0 Å². The molecule has 0 aromatic carbocycles. The van der Waals surface area contributed by atoms with Crippen LogP contribution in [-0.4, -0.2) is 50.1 Å². The van der Waals surface area contributed by atoms with Gasteiger partial charge in [0.05, 0.1) is 17.3 Å². The number of aromatic nitrogens is 2. The van der Waals surface area contributed by atoms with Gasteiger partial charge in [0.2, 0.25) is 0 Å². The lowest BCUT2D eigenvalue weighted by Gasteiger charge is -2.22. The first-order valence-electron chi connectivity index (χ1n) is 9.29. The van der Waals surface area contributed by atoms with E-state index in [0.717, 1.165) is 4.57 Å². The Hall–Kier alpha value is -2.59. The SMILES string of the molecule is C[C@@H](NC(=O)OC(C)(C)C)c1ccc2cc(B(O)O)n(C(=O)OC(C)(C)C)c2n1. The first-order chi connectivity index (χ1) is 13.2. The fraction of sp³-hybridized carbons (Fsp3) is 0.526. The Kier molecular flexibility index (Phi) is 6.29. The summed E-state index contributed by atoms with van der Waals surface area (Å²) in [6.07, 6.45) is -1.38. The van der Waals surface area contributed by atoms with Crippen LogP contribution in [0.4, 0.5) is 9.59 Å². The number of nitrogens with one attached hydrogen (secondary N) is 1. The molecule has 1 amide bonds. The van der Waals surface area contributed by atoms with E-state index in [-0.39, 0.29) is 11.2 Å². The van der Waals surface area contributed by atoms with Crippen molar-refractivity contribution < 1.29 is 29.1 Å². The lowest BCUT2D eigenvalue weighted by atomic mass is 9.86. The van der Waals surface area contributed by atoms with Crippen LogP contribution in [0.3, 0.4) is 0 Å². The predicted octanol–water partition coefficient (Wildman–Crippen LogP) is 2.08. The molecule has 2 heterocycles. The minimum Gasteiger partial charge on any atom is -0.444 e. The zero-order chi connectivity index (χ0) is 22.1. The number of alkyl carbamates (subject to hydrolysis) is 1. The number of nitrogens with zero attached hydrogens (tertiary/aromatic N) is 2. The number of fused-ring (bicyclic) bond motifs is 1. The molecular formula is C19H28BN3O6. The van der Waals surface area contributed by atoms with E-state index in [0.29, 0.717) is 11.1 Å².